The topological polar surface area (TPSA) is 31.0 Å². The van der Waals surface area contributed by atoms with Gasteiger partial charge in [0.1, 0.15) is 17.0 Å². The molecule has 0 unspecified atom stereocenters. The Balaban J connectivity index is 1.55. The van der Waals surface area contributed by atoms with Crippen molar-refractivity contribution in [3.63, 3.8) is 0 Å². The zero-order valence-electron chi connectivity index (χ0n) is 23.1. The van der Waals surface area contributed by atoms with Crippen LogP contribution in [0.1, 0.15) is 87.2 Å². The van der Waals surface area contributed by atoms with Crippen molar-refractivity contribution in [2.45, 2.75) is 76.0 Å². The molecule has 0 saturated heterocycles. The molecule has 6 aromatic rings. The van der Waals surface area contributed by atoms with Crippen molar-refractivity contribution in [2.75, 3.05) is 0 Å². The summed E-state index contributed by atoms with van der Waals surface area (Å²) in [7, 11) is 0. The van der Waals surface area contributed by atoms with Crippen LogP contribution < -0.4 is 0 Å². The first-order valence-corrected chi connectivity index (χ1v) is 15.4. The summed E-state index contributed by atoms with van der Waals surface area (Å²) in [6.45, 7) is 0. The van der Waals surface area contributed by atoms with E-state index in [0.29, 0.717) is 11.8 Å². The highest BCUT2D eigenvalue weighted by molar-refractivity contribution is 6.09. The zero-order valence-corrected chi connectivity index (χ0v) is 23.1. The third kappa shape index (κ3) is 3.90. The summed E-state index contributed by atoms with van der Waals surface area (Å²) in [4.78, 5) is 5.30. The van der Waals surface area contributed by atoms with Crippen LogP contribution in [0.2, 0.25) is 0 Å². The fraction of sp³-hybridized carbons (Fsp3) is 0.324. The molecule has 2 aliphatic carbocycles. The van der Waals surface area contributed by atoms with Crippen LogP contribution in [-0.2, 0) is 0 Å². The molecular weight excluding hydrogens is 488 g/mol. The molecule has 2 aliphatic rings. The van der Waals surface area contributed by atoms with Gasteiger partial charge in [-0.2, -0.15) is 0 Å². The van der Waals surface area contributed by atoms with E-state index in [1.807, 2.05) is 0 Å². The number of rotatable bonds is 4. The van der Waals surface area contributed by atoms with Gasteiger partial charge in [0, 0.05) is 16.3 Å². The molecule has 0 N–H and O–H groups in total. The number of nitrogens with zero attached hydrogens (tertiary/aromatic N) is 2. The molecular formula is C37H36N2O. The van der Waals surface area contributed by atoms with Gasteiger partial charge in [0.05, 0.1) is 16.7 Å². The molecule has 0 atom stereocenters. The monoisotopic (exact) mass is 524 g/mol. The van der Waals surface area contributed by atoms with E-state index in [9.17, 15) is 0 Å². The van der Waals surface area contributed by atoms with Crippen molar-refractivity contribution < 1.29 is 4.42 Å². The molecule has 0 bridgehead atoms. The molecule has 3 heteroatoms. The first-order chi connectivity index (χ1) is 19.9. The predicted molar refractivity (Wildman–Crippen MR) is 165 cm³/mol. The maximum absolute atomic E-state index is 6.67. The largest absolute Gasteiger partial charge is 0.456 e. The average Bonchev–Trinajstić information content (AvgIpc) is 3.60. The molecule has 40 heavy (non-hydrogen) atoms. The van der Waals surface area contributed by atoms with Gasteiger partial charge in [-0.25, -0.2) is 4.98 Å². The quantitative estimate of drug-likeness (QED) is 0.230. The second-order valence-electron chi connectivity index (χ2n) is 12.0. The SMILES string of the molecule is c1ccc(-c2nc3ccccc3n2-c2c(C3CCCCC3)cc3oc4ccccc4c3c2C2CCCCC2)cc1. The number of fused-ring (bicyclic) bond motifs is 4. The van der Waals surface area contributed by atoms with Crippen molar-refractivity contribution >= 4 is 33.0 Å². The minimum absolute atomic E-state index is 0.514. The van der Waals surface area contributed by atoms with Crippen molar-refractivity contribution in [1.29, 1.82) is 0 Å². The average molecular weight is 525 g/mol. The second-order valence-corrected chi connectivity index (χ2v) is 12.0. The molecule has 4 aromatic carbocycles. The Morgan fingerprint density at radius 3 is 2.12 bits per heavy atom. The van der Waals surface area contributed by atoms with Crippen LogP contribution in [0.5, 0.6) is 0 Å². The summed E-state index contributed by atoms with van der Waals surface area (Å²) in [5.41, 5.74) is 9.85. The summed E-state index contributed by atoms with van der Waals surface area (Å²) < 4.78 is 9.21. The molecule has 2 fully saturated rings. The van der Waals surface area contributed by atoms with E-state index in [-0.39, 0.29) is 0 Å². The van der Waals surface area contributed by atoms with Crippen LogP contribution in [0.15, 0.2) is 89.3 Å². The summed E-state index contributed by atoms with van der Waals surface area (Å²) in [6.07, 6.45) is 12.9. The molecule has 0 aliphatic heterocycles. The molecule has 200 valence electrons. The van der Waals surface area contributed by atoms with Crippen LogP contribution in [-0.4, -0.2) is 9.55 Å². The van der Waals surface area contributed by atoms with E-state index >= 15 is 0 Å². The van der Waals surface area contributed by atoms with Gasteiger partial charge in [0.2, 0.25) is 0 Å². The lowest BCUT2D eigenvalue weighted by molar-refractivity contribution is 0.435. The number of furan rings is 1. The van der Waals surface area contributed by atoms with Crippen molar-refractivity contribution in [1.82, 2.24) is 9.55 Å². The van der Waals surface area contributed by atoms with Crippen molar-refractivity contribution in [3.8, 4) is 17.1 Å². The Morgan fingerprint density at radius 2 is 1.32 bits per heavy atom. The molecule has 8 rings (SSSR count). The molecule has 2 saturated carbocycles. The molecule has 0 amide bonds. The van der Waals surface area contributed by atoms with Crippen LogP contribution in [0.3, 0.4) is 0 Å². The van der Waals surface area contributed by atoms with Gasteiger partial charge in [-0.3, -0.25) is 4.57 Å². The van der Waals surface area contributed by atoms with Gasteiger partial charge in [0.15, 0.2) is 0 Å². The van der Waals surface area contributed by atoms with Crippen LogP contribution in [0, 0.1) is 0 Å². The fourth-order valence-corrected chi connectivity index (χ4v) is 7.72. The van der Waals surface area contributed by atoms with E-state index in [4.69, 9.17) is 9.40 Å². The Bertz CT molecular complexity index is 1810. The standard InChI is InChI=1S/C37H36N2O/c1-4-14-25(15-5-1)29-24-33-35(28-20-10-13-23-32(28)40-33)34(26-16-6-2-7-17-26)36(29)39-31-22-12-11-21-30(31)38-37(39)27-18-8-3-9-19-27/h3,8-13,18-26H,1-2,4-7,14-17H2. The Morgan fingerprint density at radius 1 is 0.650 bits per heavy atom. The lowest BCUT2D eigenvalue weighted by Gasteiger charge is -2.31. The first-order valence-electron chi connectivity index (χ1n) is 15.4. The Hall–Kier alpha value is -3.85. The van der Waals surface area contributed by atoms with Gasteiger partial charge in [-0.15, -0.1) is 0 Å². The van der Waals surface area contributed by atoms with Gasteiger partial charge < -0.3 is 4.42 Å². The zero-order chi connectivity index (χ0) is 26.5. The minimum Gasteiger partial charge on any atom is -0.456 e. The predicted octanol–water partition coefficient (Wildman–Crippen LogP) is 10.7. The van der Waals surface area contributed by atoms with E-state index in [2.05, 4.69) is 89.5 Å². The number of hydrogen-bond donors (Lipinski definition) is 0. The van der Waals surface area contributed by atoms with Gasteiger partial charge >= 0.3 is 0 Å². The second kappa shape index (κ2) is 9.96. The highest BCUT2D eigenvalue weighted by Crippen LogP contribution is 2.49. The summed E-state index contributed by atoms with van der Waals surface area (Å²) in [5, 5.41) is 2.58. The Kier molecular flexibility index (Phi) is 5.97. The number of hydrogen-bond acceptors (Lipinski definition) is 2. The summed E-state index contributed by atoms with van der Waals surface area (Å²) in [6, 6.07) is 30.6. The summed E-state index contributed by atoms with van der Waals surface area (Å²) >= 11 is 0. The van der Waals surface area contributed by atoms with Crippen LogP contribution in [0.25, 0.3) is 50.0 Å². The van der Waals surface area contributed by atoms with Gasteiger partial charge in [-0.1, -0.05) is 99.2 Å². The Labute approximate surface area is 235 Å². The molecule has 2 heterocycles. The number of benzene rings is 4. The van der Waals surface area contributed by atoms with E-state index in [1.165, 1.54) is 103 Å². The van der Waals surface area contributed by atoms with E-state index in [0.717, 1.165) is 22.5 Å². The molecule has 3 nitrogen and oxygen atoms in total. The molecule has 2 aromatic heterocycles. The van der Waals surface area contributed by atoms with E-state index < -0.39 is 0 Å². The van der Waals surface area contributed by atoms with Crippen molar-refractivity contribution in [3.05, 3.63) is 96.1 Å². The maximum atomic E-state index is 6.67. The maximum Gasteiger partial charge on any atom is 0.145 e. The third-order valence-electron chi connectivity index (χ3n) is 9.58. The lowest BCUT2D eigenvalue weighted by atomic mass is 9.77. The van der Waals surface area contributed by atoms with Crippen molar-refractivity contribution in [2.24, 2.45) is 0 Å². The lowest BCUT2D eigenvalue weighted by Crippen LogP contribution is -2.15. The minimum atomic E-state index is 0.514. The molecule has 0 spiro atoms. The smallest absolute Gasteiger partial charge is 0.145 e. The van der Waals surface area contributed by atoms with Gasteiger partial charge in [-0.05, 0) is 72.9 Å². The third-order valence-corrected chi connectivity index (χ3v) is 9.58. The first kappa shape index (κ1) is 24.0. The summed E-state index contributed by atoms with van der Waals surface area (Å²) in [5.74, 6) is 2.09. The normalized spacial score (nSPS) is 17.3. The number of aromatic nitrogens is 2. The fourth-order valence-electron chi connectivity index (χ4n) is 7.72. The number of para-hydroxylation sites is 3. The highest BCUT2D eigenvalue weighted by Gasteiger charge is 2.32. The molecule has 0 radical (unpaired) electrons. The van der Waals surface area contributed by atoms with Crippen LogP contribution >= 0.6 is 0 Å². The highest BCUT2D eigenvalue weighted by atomic mass is 16.3. The van der Waals surface area contributed by atoms with E-state index in [1.54, 1.807) is 0 Å². The van der Waals surface area contributed by atoms with Crippen LogP contribution in [0.4, 0.5) is 0 Å². The van der Waals surface area contributed by atoms with Gasteiger partial charge in [0.25, 0.3) is 0 Å². The number of imidazole rings is 1.